The fourth-order valence-corrected chi connectivity index (χ4v) is 3.29. The van der Waals surface area contributed by atoms with E-state index >= 15 is 0 Å². The molecule has 1 atom stereocenters. The van der Waals surface area contributed by atoms with E-state index in [0.717, 1.165) is 30.9 Å². The summed E-state index contributed by atoms with van der Waals surface area (Å²) < 4.78 is 28.9. The molecular formula is C13H20N6O2S. The van der Waals surface area contributed by atoms with Crippen molar-refractivity contribution >= 4 is 10.0 Å². The number of hydrogen-bond donors (Lipinski definition) is 1. The lowest BCUT2D eigenvalue weighted by Crippen LogP contribution is -2.42. The van der Waals surface area contributed by atoms with Crippen LogP contribution >= 0.6 is 0 Å². The molecule has 0 saturated carbocycles. The first-order chi connectivity index (χ1) is 10.4. The quantitative estimate of drug-likeness (QED) is 0.818. The van der Waals surface area contributed by atoms with Gasteiger partial charge in [0.1, 0.15) is 0 Å². The molecular weight excluding hydrogens is 304 g/mol. The van der Waals surface area contributed by atoms with Gasteiger partial charge in [-0.1, -0.05) is 0 Å². The molecule has 0 amide bonds. The summed E-state index contributed by atoms with van der Waals surface area (Å²) >= 11 is 0. The molecule has 120 valence electrons. The Morgan fingerprint density at radius 1 is 1.41 bits per heavy atom. The van der Waals surface area contributed by atoms with Crippen molar-refractivity contribution in [1.29, 1.82) is 0 Å². The van der Waals surface area contributed by atoms with Crippen LogP contribution in [0.2, 0.25) is 0 Å². The van der Waals surface area contributed by atoms with Gasteiger partial charge in [-0.05, 0) is 6.07 Å². The Morgan fingerprint density at radius 2 is 2.23 bits per heavy atom. The predicted octanol–water partition coefficient (Wildman–Crippen LogP) is -0.277. The standard InChI is InChI=1S/C13H20N6O2S/c1-17-7-11(5-15-17)8-18-9-12-3-4-14-19(12)13(10-18)6-16-22(2,20)21/h3-5,7,13,16H,6,8-10H2,1-2H3. The van der Waals surface area contributed by atoms with Crippen LogP contribution in [0.4, 0.5) is 0 Å². The van der Waals surface area contributed by atoms with Crippen molar-refractivity contribution in [2.75, 3.05) is 19.3 Å². The van der Waals surface area contributed by atoms with Gasteiger partial charge < -0.3 is 0 Å². The van der Waals surface area contributed by atoms with E-state index < -0.39 is 10.0 Å². The topological polar surface area (TPSA) is 85.0 Å². The predicted molar refractivity (Wildman–Crippen MR) is 81.4 cm³/mol. The lowest BCUT2D eigenvalue weighted by atomic mass is 10.1. The minimum absolute atomic E-state index is 0.00912. The van der Waals surface area contributed by atoms with Gasteiger partial charge in [-0.2, -0.15) is 10.2 Å². The van der Waals surface area contributed by atoms with Crippen LogP contribution in [-0.2, 0) is 30.2 Å². The van der Waals surface area contributed by atoms with Gasteiger partial charge in [-0.25, -0.2) is 13.1 Å². The number of sulfonamides is 1. The van der Waals surface area contributed by atoms with Crippen LogP contribution in [0.5, 0.6) is 0 Å². The maximum Gasteiger partial charge on any atom is 0.208 e. The number of hydrogen-bond acceptors (Lipinski definition) is 5. The van der Waals surface area contributed by atoms with E-state index in [9.17, 15) is 8.42 Å². The van der Waals surface area contributed by atoms with Crippen LogP contribution in [0, 0.1) is 0 Å². The zero-order valence-electron chi connectivity index (χ0n) is 12.7. The third-order valence-corrected chi connectivity index (χ3v) is 4.39. The summed E-state index contributed by atoms with van der Waals surface area (Å²) in [6.45, 7) is 2.67. The largest absolute Gasteiger partial charge is 0.291 e. The van der Waals surface area contributed by atoms with Gasteiger partial charge in [0.2, 0.25) is 10.0 Å². The van der Waals surface area contributed by atoms with E-state index in [-0.39, 0.29) is 6.04 Å². The first-order valence-electron chi connectivity index (χ1n) is 7.07. The molecule has 2 aromatic heterocycles. The molecule has 0 saturated heterocycles. The molecule has 0 bridgehead atoms. The number of fused-ring (bicyclic) bond motifs is 1. The van der Waals surface area contributed by atoms with E-state index in [2.05, 4.69) is 19.8 Å². The molecule has 0 spiro atoms. The fraction of sp³-hybridized carbons (Fsp3) is 0.538. The highest BCUT2D eigenvalue weighted by Gasteiger charge is 2.26. The third kappa shape index (κ3) is 3.54. The normalized spacial score (nSPS) is 19.3. The summed E-state index contributed by atoms with van der Waals surface area (Å²) in [5.74, 6) is 0. The van der Waals surface area contributed by atoms with Gasteiger partial charge in [-0.3, -0.25) is 14.3 Å². The monoisotopic (exact) mass is 324 g/mol. The molecule has 3 rings (SSSR count). The molecule has 8 nitrogen and oxygen atoms in total. The van der Waals surface area contributed by atoms with Gasteiger partial charge >= 0.3 is 0 Å². The van der Waals surface area contributed by atoms with Crippen molar-refractivity contribution in [3.05, 3.63) is 35.9 Å². The lowest BCUT2D eigenvalue weighted by Gasteiger charge is -2.33. The van der Waals surface area contributed by atoms with Gasteiger partial charge in [0, 0.05) is 51.2 Å². The fourth-order valence-electron chi connectivity index (χ4n) is 2.80. The Morgan fingerprint density at radius 3 is 2.91 bits per heavy atom. The number of nitrogens with zero attached hydrogens (tertiary/aromatic N) is 5. The van der Waals surface area contributed by atoms with E-state index in [1.165, 1.54) is 6.26 Å². The van der Waals surface area contributed by atoms with Crippen LogP contribution in [0.3, 0.4) is 0 Å². The molecule has 0 aromatic carbocycles. The molecule has 0 aliphatic carbocycles. The zero-order chi connectivity index (χ0) is 15.7. The number of aryl methyl sites for hydroxylation is 1. The van der Waals surface area contributed by atoms with Crippen molar-refractivity contribution in [3.8, 4) is 0 Å². The lowest BCUT2D eigenvalue weighted by molar-refractivity contribution is 0.168. The van der Waals surface area contributed by atoms with E-state index in [4.69, 9.17) is 0 Å². The van der Waals surface area contributed by atoms with Gasteiger partial charge in [-0.15, -0.1) is 0 Å². The second-order valence-corrected chi connectivity index (χ2v) is 7.57. The SMILES string of the molecule is Cn1cc(CN2Cc3ccnn3C(CNS(C)(=O)=O)C2)cn1. The molecule has 0 fully saturated rings. The van der Waals surface area contributed by atoms with Crippen LogP contribution in [0.15, 0.2) is 24.7 Å². The van der Waals surface area contributed by atoms with Crippen LogP contribution in [0.1, 0.15) is 17.3 Å². The molecule has 1 aliphatic rings. The highest BCUT2D eigenvalue weighted by molar-refractivity contribution is 7.88. The molecule has 3 heterocycles. The Hall–Kier alpha value is -1.71. The molecule has 0 radical (unpaired) electrons. The van der Waals surface area contributed by atoms with E-state index in [1.54, 1.807) is 10.9 Å². The highest BCUT2D eigenvalue weighted by atomic mass is 32.2. The maximum absolute atomic E-state index is 11.3. The first-order valence-corrected chi connectivity index (χ1v) is 8.97. The van der Waals surface area contributed by atoms with Crippen molar-refractivity contribution in [2.24, 2.45) is 7.05 Å². The summed E-state index contributed by atoms with van der Waals surface area (Å²) in [4.78, 5) is 2.28. The highest BCUT2D eigenvalue weighted by Crippen LogP contribution is 2.21. The molecule has 1 unspecified atom stereocenters. The summed E-state index contributed by atoms with van der Waals surface area (Å²) in [6, 6.07) is 1.97. The van der Waals surface area contributed by atoms with Crippen molar-refractivity contribution < 1.29 is 8.42 Å². The Labute approximate surface area is 129 Å². The van der Waals surface area contributed by atoms with E-state index in [0.29, 0.717) is 6.54 Å². The third-order valence-electron chi connectivity index (χ3n) is 3.70. The minimum Gasteiger partial charge on any atom is -0.291 e. The smallest absolute Gasteiger partial charge is 0.208 e. The molecule has 22 heavy (non-hydrogen) atoms. The van der Waals surface area contributed by atoms with E-state index in [1.807, 2.05) is 30.2 Å². The number of nitrogens with one attached hydrogen (secondary N) is 1. The second kappa shape index (κ2) is 5.82. The molecule has 1 N–H and O–H groups in total. The second-order valence-electron chi connectivity index (χ2n) is 5.73. The van der Waals surface area contributed by atoms with Gasteiger partial charge in [0.25, 0.3) is 0 Å². The summed E-state index contributed by atoms with van der Waals surface area (Å²) in [6.07, 6.45) is 6.79. The van der Waals surface area contributed by atoms with Crippen molar-refractivity contribution in [3.63, 3.8) is 0 Å². The zero-order valence-corrected chi connectivity index (χ0v) is 13.5. The van der Waals surface area contributed by atoms with Crippen LogP contribution in [-0.4, -0.2) is 52.2 Å². The summed E-state index contributed by atoms with van der Waals surface area (Å²) in [5, 5.41) is 8.51. The first kappa shape index (κ1) is 15.2. The van der Waals surface area contributed by atoms with Gasteiger partial charge in [0.05, 0.1) is 24.2 Å². The maximum atomic E-state index is 11.3. The van der Waals surface area contributed by atoms with Crippen molar-refractivity contribution in [2.45, 2.75) is 19.1 Å². The van der Waals surface area contributed by atoms with Crippen LogP contribution in [0.25, 0.3) is 0 Å². The van der Waals surface area contributed by atoms with Gasteiger partial charge in [0.15, 0.2) is 0 Å². The van der Waals surface area contributed by atoms with Crippen molar-refractivity contribution in [1.82, 2.24) is 29.2 Å². The average Bonchev–Trinajstić information content (AvgIpc) is 3.04. The number of aromatic nitrogens is 4. The minimum atomic E-state index is -3.21. The molecule has 2 aromatic rings. The summed E-state index contributed by atoms with van der Waals surface area (Å²) in [5.41, 5.74) is 2.24. The Balaban J connectivity index is 1.73. The Kier molecular flexibility index (Phi) is 4.02. The Bertz CT molecular complexity index is 750. The number of rotatable bonds is 5. The molecule has 9 heteroatoms. The average molecular weight is 324 g/mol. The molecule has 1 aliphatic heterocycles. The van der Waals surface area contributed by atoms with Crippen LogP contribution < -0.4 is 4.72 Å². The summed E-state index contributed by atoms with van der Waals surface area (Å²) in [7, 11) is -1.31.